The standard InChI is InChI=1S/C27H27Cl2N3OS/c1-19(2)26-27(34-24-15-21(28)14-22(29)16-24)32(17-23-10-6-7-12-30-23)25(31-26)11-13-33-18-20-8-4-3-5-9-20/h3-10,12,14-16,19H,11,13,17-18H2,1-2H3. The lowest BCUT2D eigenvalue weighted by molar-refractivity contribution is 0.122. The number of ether oxygens (including phenoxy) is 1. The topological polar surface area (TPSA) is 39.9 Å². The fraction of sp³-hybridized carbons (Fsp3) is 0.259. The first-order valence-electron chi connectivity index (χ1n) is 11.2. The minimum atomic E-state index is 0.256. The summed E-state index contributed by atoms with van der Waals surface area (Å²) in [4.78, 5) is 10.6. The third-order valence-electron chi connectivity index (χ3n) is 5.25. The van der Waals surface area contributed by atoms with E-state index in [4.69, 9.17) is 32.9 Å². The van der Waals surface area contributed by atoms with E-state index in [0.717, 1.165) is 32.7 Å². The van der Waals surface area contributed by atoms with Gasteiger partial charge in [-0.1, -0.05) is 85.2 Å². The number of pyridine rings is 1. The maximum absolute atomic E-state index is 6.28. The van der Waals surface area contributed by atoms with Crippen LogP contribution in [0.5, 0.6) is 0 Å². The van der Waals surface area contributed by atoms with Gasteiger partial charge in [-0.15, -0.1) is 0 Å². The van der Waals surface area contributed by atoms with Gasteiger partial charge in [-0.3, -0.25) is 4.98 Å². The first-order chi connectivity index (χ1) is 16.5. The summed E-state index contributed by atoms with van der Waals surface area (Å²) in [5, 5.41) is 2.31. The second-order valence-electron chi connectivity index (χ2n) is 8.28. The molecule has 2 heterocycles. The van der Waals surface area contributed by atoms with Crippen LogP contribution in [0, 0.1) is 0 Å². The summed E-state index contributed by atoms with van der Waals surface area (Å²) in [5.74, 6) is 1.24. The van der Waals surface area contributed by atoms with E-state index in [1.807, 2.05) is 54.7 Å². The van der Waals surface area contributed by atoms with Crippen LogP contribution in [0.1, 0.15) is 42.5 Å². The molecule has 34 heavy (non-hydrogen) atoms. The predicted molar refractivity (Wildman–Crippen MR) is 140 cm³/mol. The SMILES string of the molecule is CC(C)c1nc(CCOCc2ccccc2)n(Cc2ccccn2)c1Sc1cc(Cl)cc(Cl)c1. The minimum Gasteiger partial charge on any atom is -0.376 e. The normalized spacial score (nSPS) is 11.3. The second kappa shape index (κ2) is 11.9. The highest BCUT2D eigenvalue weighted by atomic mass is 35.5. The molecule has 0 N–H and O–H groups in total. The van der Waals surface area contributed by atoms with Gasteiger partial charge < -0.3 is 9.30 Å². The Morgan fingerprint density at radius 1 is 0.971 bits per heavy atom. The Balaban J connectivity index is 1.62. The van der Waals surface area contributed by atoms with Crippen LogP contribution in [-0.4, -0.2) is 21.1 Å². The van der Waals surface area contributed by atoms with Crippen molar-refractivity contribution in [3.8, 4) is 0 Å². The molecule has 4 rings (SSSR count). The Bertz CT molecular complexity index is 1190. The first-order valence-corrected chi connectivity index (χ1v) is 12.8. The van der Waals surface area contributed by atoms with Crippen LogP contribution in [0.2, 0.25) is 10.0 Å². The van der Waals surface area contributed by atoms with E-state index in [2.05, 4.69) is 35.5 Å². The van der Waals surface area contributed by atoms with Crippen molar-refractivity contribution in [2.24, 2.45) is 0 Å². The molecule has 0 saturated heterocycles. The van der Waals surface area contributed by atoms with Crippen molar-refractivity contribution in [2.45, 2.75) is 49.3 Å². The van der Waals surface area contributed by atoms with Crippen LogP contribution in [0.3, 0.4) is 0 Å². The number of hydrogen-bond donors (Lipinski definition) is 0. The van der Waals surface area contributed by atoms with E-state index in [-0.39, 0.29) is 5.92 Å². The second-order valence-corrected chi connectivity index (χ2v) is 10.2. The highest BCUT2D eigenvalue weighted by molar-refractivity contribution is 7.99. The summed E-state index contributed by atoms with van der Waals surface area (Å²) in [6, 6.07) is 21.8. The molecule has 0 radical (unpaired) electrons. The zero-order chi connectivity index (χ0) is 23.9. The molecule has 0 amide bonds. The summed E-state index contributed by atoms with van der Waals surface area (Å²) < 4.78 is 8.23. The molecule has 4 aromatic rings. The number of benzene rings is 2. The van der Waals surface area contributed by atoms with Crippen molar-refractivity contribution in [1.82, 2.24) is 14.5 Å². The largest absolute Gasteiger partial charge is 0.376 e. The highest BCUT2D eigenvalue weighted by Crippen LogP contribution is 2.37. The molecular weight excluding hydrogens is 485 g/mol. The summed E-state index contributed by atoms with van der Waals surface area (Å²) in [5.41, 5.74) is 3.19. The number of nitrogens with zero attached hydrogens (tertiary/aromatic N) is 3. The van der Waals surface area contributed by atoms with E-state index in [1.165, 1.54) is 0 Å². The zero-order valence-electron chi connectivity index (χ0n) is 19.2. The Morgan fingerprint density at radius 3 is 2.38 bits per heavy atom. The third kappa shape index (κ3) is 6.63. The molecule has 0 aliphatic carbocycles. The van der Waals surface area contributed by atoms with Crippen LogP contribution >= 0.6 is 35.0 Å². The van der Waals surface area contributed by atoms with Crippen LogP contribution in [0.15, 0.2) is 82.8 Å². The molecular formula is C27H27Cl2N3OS. The highest BCUT2D eigenvalue weighted by Gasteiger charge is 2.21. The van der Waals surface area contributed by atoms with Crippen LogP contribution in [0.25, 0.3) is 0 Å². The lowest BCUT2D eigenvalue weighted by atomic mass is 10.1. The van der Waals surface area contributed by atoms with Gasteiger partial charge in [-0.25, -0.2) is 4.98 Å². The van der Waals surface area contributed by atoms with Gasteiger partial charge in [0.05, 0.1) is 31.1 Å². The average Bonchev–Trinajstić information content (AvgIpc) is 3.14. The van der Waals surface area contributed by atoms with E-state index >= 15 is 0 Å². The van der Waals surface area contributed by atoms with Crippen molar-refractivity contribution in [1.29, 1.82) is 0 Å². The summed E-state index contributed by atoms with van der Waals surface area (Å²) in [6.45, 7) is 6.13. The van der Waals surface area contributed by atoms with Gasteiger partial charge in [-0.05, 0) is 41.8 Å². The Kier molecular flexibility index (Phi) is 8.68. The van der Waals surface area contributed by atoms with Gasteiger partial charge in [0.2, 0.25) is 0 Å². The fourth-order valence-corrected chi connectivity index (χ4v) is 5.54. The Morgan fingerprint density at radius 2 is 1.71 bits per heavy atom. The van der Waals surface area contributed by atoms with Crippen molar-refractivity contribution in [3.63, 3.8) is 0 Å². The third-order valence-corrected chi connectivity index (χ3v) is 6.78. The van der Waals surface area contributed by atoms with Crippen LogP contribution in [-0.2, 0) is 24.3 Å². The minimum absolute atomic E-state index is 0.256. The van der Waals surface area contributed by atoms with E-state index in [9.17, 15) is 0 Å². The molecule has 0 saturated carbocycles. The molecule has 2 aromatic carbocycles. The Hall–Kier alpha value is -2.31. The molecule has 0 unspecified atom stereocenters. The molecule has 0 atom stereocenters. The van der Waals surface area contributed by atoms with Crippen molar-refractivity contribution < 1.29 is 4.74 Å². The molecule has 7 heteroatoms. The van der Waals surface area contributed by atoms with Crippen molar-refractivity contribution >= 4 is 35.0 Å². The monoisotopic (exact) mass is 511 g/mol. The lowest BCUT2D eigenvalue weighted by Gasteiger charge is -2.14. The maximum atomic E-state index is 6.28. The molecule has 4 nitrogen and oxygen atoms in total. The average molecular weight is 513 g/mol. The van der Waals surface area contributed by atoms with Crippen molar-refractivity contribution in [3.05, 3.63) is 106 Å². The predicted octanol–water partition coefficient (Wildman–Crippen LogP) is 7.67. The first kappa shape index (κ1) is 24.8. The molecule has 0 aliphatic heterocycles. The number of hydrogen-bond acceptors (Lipinski definition) is 4. The molecule has 0 spiro atoms. The van der Waals surface area contributed by atoms with Gasteiger partial charge >= 0.3 is 0 Å². The van der Waals surface area contributed by atoms with E-state index < -0.39 is 0 Å². The summed E-state index contributed by atoms with van der Waals surface area (Å²) in [7, 11) is 0. The fourth-order valence-electron chi connectivity index (χ4n) is 3.62. The smallest absolute Gasteiger partial charge is 0.112 e. The molecule has 0 aliphatic rings. The van der Waals surface area contributed by atoms with Gasteiger partial charge in [0, 0.05) is 27.6 Å². The van der Waals surface area contributed by atoms with Gasteiger partial charge in [0.15, 0.2) is 0 Å². The molecule has 176 valence electrons. The van der Waals surface area contributed by atoms with Gasteiger partial charge in [-0.2, -0.15) is 0 Å². The van der Waals surface area contributed by atoms with Crippen LogP contribution in [0.4, 0.5) is 0 Å². The quantitative estimate of drug-likeness (QED) is 0.205. The van der Waals surface area contributed by atoms with Crippen LogP contribution < -0.4 is 0 Å². The number of imidazole rings is 1. The molecule has 0 fully saturated rings. The number of rotatable bonds is 10. The van der Waals surface area contributed by atoms with Gasteiger partial charge in [0.1, 0.15) is 10.9 Å². The summed E-state index contributed by atoms with van der Waals surface area (Å²) >= 11 is 14.2. The maximum Gasteiger partial charge on any atom is 0.112 e. The van der Waals surface area contributed by atoms with E-state index in [0.29, 0.717) is 36.2 Å². The van der Waals surface area contributed by atoms with Crippen molar-refractivity contribution in [2.75, 3.05) is 6.61 Å². The lowest BCUT2D eigenvalue weighted by Crippen LogP contribution is -2.10. The molecule has 0 bridgehead atoms. The van der Waals surface area contributed by atoms with E-state index in [1.54, 1.807) is 17.8 Å². The molecule has 2 aromatic heterocycles. The zero-order valence-corrected chi connectivity index (χ0v) is 21.6. The number of aromatic nitrogens is 3. The summed E-state index contributed by atoms with van der Waals surface area (Å²) in [6.07, 6.45) is 2.53. The van der Waals surface area contributed by atoms with Gasteiger partial charge in [0.25, 0.3) is 0 Å². The Labute approximate surface area is 215 Å². The number of halogens is 2.